The number of rotatable bonds is 5. The van der Waals surface area contributed by atoms with E-state index in [1.807, 2.05) is 25.9 Å². The van der Waals surface area contributed by atoms with Crippen LogP contribution in [0.3, 0.4) is 0 Å². The summed E-state index contributed by atoms with van der Waals surface area (Å²) in [5.74, 6) is -0.574. The molecular formula is C13H18ClN3O. The fourth-order valence-corrected chi connectivity index (χ4v) is 1.71. The molecule has 1 unspecified atom stereocenters. The minimum atomic E-state index is -0.574. The molecule has 1 aromatic rings. The van der Waals surface area contributed by atoms with Crippen molar-refractivity contribution in [3.63, 3.8) is 0 Å². The maximum atomic E-state index is 11.2. The first-order valence-corrected chi connectivity index (χ1v) is 6.04. The molecule has 0 aliphatic carbocycles. The first-order chi connectivity index (χ1) is 8.32. The molecule has 0 radical (unpaired) electrons. The number of halogens is 1. The predicted molar refractivity (Wildman–Crippen MR) is 74.6 cm³/mol. The maximum Gasteiger partial charge on any atom is 0.250 e. The van der Waals surface area contributed by atoms with Crippen molar-refractivity contribution in [2.24, 2.45) is 5.73 Å². The quantitative estimate of drug-likeness (QED) is 0.803. The van der Waals surface area contributed by atoms with Crippen LogP contribution < -0.4 is 5.73 Å². The van der Waals surface area contributed by atoms with Gasteiger partial charge in [-0.1, -0.05) is 17.7 Å². The molecule has 0 bridgehead atoms. The third kappa shape index (κ3) is 3.55. The summed E-state index contributed by atoms with van der Waals surface area (Å²) in [5, 5.41) is 8.36. The van der Waals surface area contributed by atoms with Crippen molar-refractivity contribution in [3.05, 3.63) is 34.3 Å². The number of hydrogen-bond donors (Lipinski definition) is 2. The molecule has 1 rings (SSSR count). The lowest BCUT2D eigenvalue weighted by Gasteiger charge is -2.20. The van der Waals surface area contributed by atoms with Crippen molar-refractivity contribution >= 4 is 23.2 Å². The second kappa shape index (κ2) is 5.98. The Labute approximate surface area is 112 Å². The lowest BCUT2D eigenvalue weighted by molar-refractivity contribution is 0.100. The number of nitrogens with zero attached hydrogens (tertiary/aromatic N) is 1. The van der Waals surface area contributed by atoms with Crippen LogP contribution in [0.2, 0.25) is 5.02 Å². The van der Waals surface area contributed by atoms with Crippen LogP contribution in [0.15, 0.2) is 18.2 Å². The van der Waals surface area contributed by atoms with Crippen molar-refractivity contribution in [1.29, 1.82) is 5.41 Å². The Morgan fingerprint density at radius 3 is 2.61 bits per heavy atom. The minimum absolute atomic E-state index is 0.255. The van der Waals surface area contributed by atoms with Gasteiger partial charge in [0.25, 0.3) is 0 Å². The second-order valence-corrected chi connectivity index (χ2v) is 4.96. The molecule has 0 heterocycles. The molecule has 1 atom stereocenters. The summed E-state index contributed by atoms with van der Waals surface area (Å²) in [5.41, 5.74) is 6.64. The van der Waals surface area contributed by atoms with Crippen LogP contribution >= 0.6 is 11.6 Å². The summed E-state index contributed by atoms with van der Waals surface area (Å²) in [7, 11) is 3.93. The van der Waals surface area contributed by atoms with Crippen LogP contribution in [0, 0.1) is 5.41 Å². The molecule has 0 saturated heterocycles. The van der Waals surface area contributed by atoms with Gasteiger partial charge in [-0.2, -0.15) is 0 Å². The molecule has 1 aromatic carbocycles. The van der Waals surface area contributed by atoms with E-state index in [-0.39, 0.29) is 11.6 Å². The first-order valence-electron chi connectivity index (χ1n) is 5.66. The van der Waals surface area contributed by atoms with Gasteiger partial charge in [-0.25, -0.2) is 0 Å². The Morgan fingerprint density at radius 2 is 2.11 bits per heavy atom. The first kappa shape index (κ1) is 14.7. The summed E-state index contributed by atoms with van der Waals surface area (Å²) in [6.45, 7) is 2.04. The van der Waals surface area contributed by atoms with E-state index in [0.29, 0.717) is 22.7 Å². The van der Waals surface area contributed by atoms with E-state index in [4.69, 9.17) is 22.7 Å². The lowest BCUT2D eigenvalue weighted by atomic mass is 10.0. The summed E-state index contributed by atoms with van der Waals surface area (Å²) in [4.78, 5) is 13.2. The smallest absolute Gasteiger partial charge is 0.250 e. The van der Waals surface area contributed by atoms with Crippen LogP contribution in [0.1, 0.15) is 29.3 Å². The van der Waals surface area contributed by atoms with Gasteiger partial charge in [0.1, 0.15) is 0 Å². The average Bonchev–Trinajstić information content (AvgIpc) is 2.28. The molecule has 1 amide bonds. The van der Waals surface area contributed by atoms with Crippen LogP contribution in [0.25, 0.3) is 0 Å². The molecular weight excluding hydrogens is 250 g/mol. The third-order valence-electron chi connectivity index (χ3n) is 2.96. The molecule has 18 heavy (non-hydrogen) atoms. The van der Waals surface area contributed by atoms with Crippen LogP contribution in [-0.2, 0) is 0 Å². The molecule has 4 nitrogen and oxygen atoms in total. The Kier molecular flexibility index (Phi) is 4.87. The van der Waals surface area contributed by atoms with Gasteiger partial charge in [0, 0.05) is 18.2 Å². The summed E-state index contributed by atoms with van der Waals surface area (Å²) in [6.07, 6.45) is 0.604. The van der Waals surface area contributed by atoms with E-state index in [9.17, 15) is 4.79 Å². The fraction of sp³-hybridized carbons (Fsp3) is 0.385. The zero-order valence-corrected chi connectivity index (χ0v) is 11.6. The predicted octanol–water partition coefficient (Wildman–Crippen LogP) is 2.15. The van der Waals surface area contributed by atoms with Crippen molar-refractivity contribution in [2.75, 3.05) is 14.1 Å². The highest BCUT2D eigenvalue weighted by atomic mass is 35.5. The van der Waals surface area contributed by atoms with Crippen molar-refractivity contribution in [3.8, 4) is 0 Å². The molecule has 98 valence electrons. The number of hydrogen-bond acceptors (Lipinski definition) is 3. The van der Waals surface area contributed by atoms with Gasteiger partial charge in [0.15, 0.2) is 0 Å². The molecule has 5 heteroatoms. The van der Waals surface area contributed by atoms with Crippen molar-refractivity contribution in [1.82, 2.24) is 4.90 Å². The van der Waals surface area contributed by atoms with E-state index in [1.54, 1.807) is 18.2 Å². The summed E-state index contributed by atoms with van der Waals surface area (Å²) < 4.78 is 0. The number of primary amides is 1. The minimum Gasteiger partial charge on any atom is -0.366 e. The Balaban J connectivity index is 2.94. The summed E-state index contributed by atoms with van der Waals surface area (Å²) in [6, 6.07) is 5.17. The SMILES string of the molecule is CC(CC(=N)c1ccc(Cl)c(C(N)=O)c1)N(C)C. The Morgan fingerprint density at radius 1 is 1.50 bits per heavy atom. The van der Waals surface area contributed by atoms with Gasteiger partial charge in [-0.05, 0) is 38.7 Å². The highest BCUT2D eigenvalue weighted by Crippen LogP contribution is 2.18. The lowest BCUT2D eigenvalue weighted by Crippen LogP contribution is -2.27. The van der Waals surface area contributed by atoms with Crippen LogP contribution in [-0.4, -0.2) is 36.7 Å². The molecule has 0 fully saturated rings. The molecule has 0 spiro atoms. The Hall–Kier alpha value is -1.39. The van der Waals surface area contributed by atoms with Gasteiger partial charge in [-0.15, -0.1) is 0 Å². The van der Waals surface area contributed by atoms with Crippen molar-refractivity contribution < 1.29 is 4.79 Å². The molecule has 0 saturated carbocycles. The highest BCUT2D eigenvalue weighted by molar-refractivity contribution is 6.34. The maximum absolute atomic E-state index is 11.2. The van der Waals surface area contributed by atoms with E-state index >= 15 is 0 Å². The number of carbonyl (C=O) groups excluding carboxylic acids is 1. The summed E-state index contributed by atoms with van der Waals surface area (Å²) >= 11 is 5.87. The topological polar surface area (TPSA) is 70.2 Å². The largest absolute Gasteiger partial charge is 0.366 e. The average molecular weight is 268 g/mol. The molecule has 3 N–H and O–H groups in total. The second-order valence-electron chi connectivity index (χ2n) is 4.55. The Bertz CT molecular complexity index is 471. The number of nitrogens with one attached hydrogen (secondary N) is 1. The molecule has 0 aliphatic rings. The van der Waals surface area contributed by atoms with Gasteiger partial charge in [0.05, 0.1) is 10.6 Å². The normalized spacial score (nSPS) is 12.5. The van der Waals surface area contributed by atoms with Crippen LogP contribution in [0.4, 0.5) is 0 Å². The standard InChI is InChI=1S/C13H18ClN3O/c1-8(17(2)3)6-12(15)9-4-5-11(14)10(7-9)13(16)18/h4-5,7-8,15H,6H2,1-3H3,(H2,16,18). The van der Waals surface area contributed by atoms with E-state index in [2.05, 4.69) is 0 Å². The van der Waals surface area contributed by atoms with Gasteiger partial charge < -0.3 is 16.0 Å². The van der Waals surface area contributed by atoms with Gasteiger partial charge >= 0.3 is 0 Å². The highest BCUT2D eigenvalue weighted by Gasteiger charge is 2.13. The number of amides is 1. The zero-order valence-electron chi connectivity index (χ0n) is 10.8. The van der Waals surface area contributed by atoms with Gasteiger partial charge in [0.2, 0.25) is 5.91 Å². The van der Waals surface area contributed by atoms with E-state index < -0.39 is 5.91 Å². The number of carbonyl (C=O) groups is 1. The number of benzene rings is 1. The monoisotopic (exact) mass is 267 g/mol. The van der Waals surface area contributed by atoms with Crippen molar-refractivity contribution in [2.45, 2.75) is 19.4 Å². The van der Waals surface area contributed by atoms with E-state index in [1.165, 1.54) is 0 Å². The van der Waals surface area contributed by atoms with Crippen LogP contribution in [0.5, 0.6) is 0 Å². The number of nitrogens with two attached hydrogens (primary N) is 1. The molecule has 0 aliphatic heterocycles. The molecule has 0 aromatic heterocycles. The van der Waals surface area contributed by atoms with Gasteiger partial charge in [-0.3, -0.25) is 4.79 Å². The van der Waals surface area contributed by atoms with E-state index in [0.717, 1.165) is 0 Å². The zero-order chi connectivity index (χ0) is 13.9. The third-order valence-corrected chi connectivity index (χ3v) is 3.29. The fourth-order valence-electron chi connectivity index (χ4n) is 1.50.